The molecule has 1 fully saturated rings. The normalized spacial score (nSPS) is 25.6. The second kappa shape index (κ2) is 5.57. The van der Waals surface area contributed by atoms with Crippen molar-refractivity contribution >= 4 is 21.6 Å². The molecule has 102 valence electrons. The summed E-state index contributed by atoms with van der Waals surface area (Å²) in [5, 5.41) is 14.5. The average Bonchev–Trinajstić information content (AvgIpc) is 2.82. The molecule has 0 amide bonds. The van der Waals surface area contributed by atoms with Gasteiger partial charge in [0.15, 0.2) is 0 Å². The number of hydrogen-bond acceptors (Lipinski definition) is 4. The summed E-state index contributed by atoms with van der Waals surface area (Å²) in [5.41, 5.74) is 1.08. The molecule has 0 radical (unpaired) electrons. The number of fused-ring (bicyclic) bond motifs is 1. The number of benzene rings is 1. The van der Waals surface area contributed by atoms with Gasteiger partial charge in [-0.3, -0.25) is 0 Å². The number of nitrogens with zero attached hydrogens (tertiary/aromatic N) is 1. The van der Waals surface area contributed by atoms with E-state index in [4.69, 9.17) is 4.98 Å². The Bertz CT molecular complexity index is 521. The number of para-hydroxylation sites is 1. The average molecular weight is 276 g/mol. The molecule has 19 heavy (non-hydrogen) atoms. The minimum absolute atomic E-state index is 0.131. The fourth-order valence-electron chi connectivity index (χ4n) is 2.82. The van der Waals surface area contributed by atoms with Crippen LogP contribution in [0.4, 0.5) is 0 Å². The second-order valence-electron chi connectivity index (χ2n) is 5.43. The molecule has 1 saturated carbocycles. The van der Waals surface area contributed by atoms with E-state index in [1.165, 1.54) is 4.70 Å². The van der Waals surface area contributed by atoms with E-state index >= 15 is 0 Å². The van der Waals surface area contributed by atoms with E-state index in [-0.39, 0.29) is 12.1 Å². The molecule has 0 aliphatic heterocycles. The van der Waals surface area contributed by atoms with E-state index in [2.05, 4.69) is 30.4 Å². The smallest absolute Gasteiger partial charge is 0.111 e. The van der Waals surface area contributed by atoms with Crippen LogP contribution in [0.15, 0.2) is 24.3 Å². The monoisotopic (exact) mass is 276 g/mol. The first-order chi connectivity index (χ1) is 9.22. The molecule has 3 unspecified atom stereocenters. The summed E-state index contributed by atoms with van der Waals surface area (Å²) in [6.07, 6.45) is 3.97. The molecule has 1 aromatic carbocycles. The zero-order chi connectivity index (χ0) is 13.2. The molecule has 2 aromatic rings. The first kappa shape index (κ1) is 13.0. The van der Waals surface area contributed by atoms with E-state index < -0.39 is 0 Å². The van der Waals surface area contributed by atoms with Crippen molar-refractivity contribution in [2.45, 2.75) is 50.8 Å². The fraction of sp³-hybridized carbons (Fsp3) is 0.533. The molecule has 0 bridgehead atoms. The van der Waals surface area contributed by atoms with Gasteiger partial charge in [0.1, 0.15) is 5.01 Å². The molecule has 0 spiro atoms. The summed E-state index contributed by atoms with van der Waals surface area (Å²) in [4.78, 5) is 4.69. The number of aliphatic hydroxyl groups is 1. The van der Waals surface area contributed by atoms with Crippen LogP contribution < -0.4 is 5.32 Å². The summed E-state index contributed by atoms with van der Waals surface area (Å²) in [5.74, 6) is 0. The minimum Gasteiger partial charge on any atom is -0.393 e. The van der Waals surface area contributed by atoms with Crippen molar-refractivity contribution in [1.29, 1.82) is 0 Å². The number of aromatic nitrogens is 1. The van der Waals surface area contributed by atoms with E-state index in [1.54, 1.807) is 11.3 Å². The Hall–Kier alpha value is -0.970. The van der Waals surface area contributed by atoms with Crippen LogP contribution in [0.25, 0.3) is 10.2 Å². The van der Waals surface area contributed by atoms with Crippen LogP contribution in [0.2, 0.25) is 0 Å². The van der Waals surface area contributed by atoms with Gasteiger partial charge in [0.25, 0.3) is 0 Å². The molecule has 0 saturated heterocycles. The predicted octanol–water partition coefficient (Wildman–Crippen LogP) is 3.25. The topological polar surface area (TPSA) is 45.1 Å². The first-order valence-corrected chi connectivity index (χ1v) is 7.83. The highest BCUT2D eigenvalue weighted by atomic mass is 32.1. The van der Waals surface area contributed by atoms with Crippen molar-refractivity contribution in [3.63, 3.8) is 0 Å². The quantitative estimate of drug-likeness (QED) is 0.904. The van der Waals surface area contributed by atoms with Gasteiger partial charge < -0.3 is 10.4 Å². The maximum absolute atomic E-state index is 9.72. The van der Waals surface area contributed by atoms with Gasteiger partial charge in [-0.05, 0) is 44.7 Å². The molecule has 1 aliphatic carbocycles. The van der Waals surface area contributed by atoms with E-state index in [0.29, 0.717) is 6.04 Å². The highest BCUT2D eigenvalue weighted by Gasteiger charge is 2.22. The Morgan fingerprint density at radius 2 is 2.21 bits per heavy atom. The van der Waals surface area contributed by atoms with Crippen molar-refractivity contribution < 1.29 is 5.11 Å². The van der Waals surface area contributed by atoms with Crippen LogP contribution in [0, 0.1) is 0 Å². The van der Waals surface area contributed by atoms with Crippen molar-refractivity contribution in [2.75, 3.05) is 0 Å². The summed E-state index contributed by atoms with van der Waals surface area (Å²) < 4.78 is 1.25. The Morgan fingerprint density at radius 3 is 3.00 bits per heavy atom. The Balaban J connectivity index is 1.70. The zero-order valence-corrected chi connectivity index (χ0v) is 12.0. The van der Waals surface area contributed by atoms with Crippen molar-refractivity contribution in [3.05, 3.63) is 29.3 Å². The maximum atomic E-state index is 9.72. The highest BCUT2D eigenvalue weighted by Crippen LogP contribution is 2.28. The predicted molar refractivity (Wildman–Crippen MR) is 79.4 cm³/mol. The molecular weight excluding hydrogens is 256 g/mol. The minimum atomic E-state index is -0.131. The Labute approximate surface area is 117 Å². The summed E-state index contributed by atoms with van der Waals surface area (Å²) in [7, 11) is 0. The van der Waals surface area contributed by atoms with E-state index in [9.17, 15) is 5.11 Å². The summed E-state index contributed by atoms with van der Waals surface area (Å²) >= 11 is 1.76. The van der Waals surface area contributed by atoms with Gasteiger partial charge in [0, 0.05) is 6.04 Å². The third kappa shape index (κ3) is 2.96. The third-order valence-electron chi connectivity index (χ3n) is 3.81. The Morgan fingerprint density at radius 1 is 1.37 bits per heavy atom. The molecule has 4 heteroatoms. The molecule has 3 atom stereocenters. The zero-order valence-electron chi connectivity index (χ0n) is 11.2. The van der Waals surface area contributed by atoms with Gasteiger partial charge in [-0.1, -0.05) is 12.1 Å². The van der Waals surface area contributed by atoms with Gasteiger partial charge in [-0.2, -0.15) is 0 Å². The highest BCUT2D eigenvalue weighted by molar-refractivity contribution is 7.18. The van der Waals surface area contributed by atoms with E-state index in [1.807, 2.05) is 6.07 Å². The van der Waals surface area contributed by atoms with Gasteiger partial charge in [-0.25, -0.2) is 4.98 Å². The van der Waals surface area contributed by atoms with E-state index in [0.717, 1.165) is 36.2 Å². The number of aliphatic hydroxyl groups excluding tert-OH is 1. The number of thiazole rings is 1. The second-order valence-corrected chi connectivity index (χ2v) is 6.49. The third-order valence-corrected chi connectivity index (χ3v) is 5.03. The lowest BCUT2D eigenvalue weighted by Gasteiger charge is -2.28. The van der Waals surface area contributed by atoms with Crippen molar-refractivity contribution in [3.8, 4) is 0 Å². The largest absolute Gasteiger partial charge is 0.393 e. The molecule has 2 N–H and O–H groups in total. The van der Waals surface area contributed by atoms with Gasteiger partial charge >= 0.3 is 0 Å². The number of nitrogens with one attached hydrogen (secondary N) is 1. The SMILES string of the molecule is CC(NC1CCCC(O)C1)c1nc2ccccc2s1. The fourth-order valence-corrected chi connectivity index (χ4v) is 3.79. The molecular formula is C15H20N2OS. The van der Waals surface area contributed by atoms with Crippen LogP contribution in [0.3, 0.4) is 0 Å². The number of rotatable bonds is 3. The summed E-state index contributed by atoms with van der Waals surface area (Å²) in [6, 6.07) is 8.94. The lowest BCUT2D eigenvalue weighted by molar-refractivity contribution is 0.109. The lowest BCUT2D eigenvalue weighted by Crippen LogP contribution is -2.37. The molecule has 1 aliphatic rings. The molecule has 3 rings (SSSR count). The van der Waals surface area contributed by atoms with Crippen LogP contribution in [-0.4, -0.2) is 22.2 Å². The standard InChI is InChI=1S/C15H20N2OS/c1-10(16-11-5-4-6-12(18)9-11)15-17-13-7-2-3-8-14(13)19-15/h2-3,7-8,10-12,16,18H,4-6,9H2,1H3. The Kier molecular flexibility index (Phi) is 3.82. The molecule has 1 aromatic heterocycles. The van der Waals surface area contributed by atoms with Gasteiger partial charge in [-0.15, -0.1) is 11.3 Å². The van der Waals surface area contributed by atoms with Crippen LogP contribution in [-0.2, 0) is 0 Å². The maximum Gasteiger partial charge on any atom is 0.111 e. The van der Waals surface area contributed by atoms with Gasteiger partial charge in [0.2, 0.25) is 0 Å². The van der Waals surface area contributed by atoms with Crippen LogP contribution in [0.1, 0.15) is 43.7 Å². The lowest BCUT2D eigenvalue weighted by atomic mass is 9.92. The van der Waals surface area contributed by atoms with Gasteiger partial charge in [0.05, 0.1) is 22.4 Å². The summed E-state index contributed by atoms with van der Waals surface area (Å²) in [6.45, 7) is 2.17. The molecule has 1 heterocycles. The van der Waals surface area contributed by atoms with Crippen LogP contribution in [0.5, 0.6) is 0 Å². The molecule has 3 nitrogen and oxygen atoms in total. The number of hydrogen-bond donors (Lipinski definition) is 2. The first-order valence-electron chi connectivity index (χ1n) is 7.02. The van der Waals surface area contributed by atoms with Crippen molar-refractivity contribution in [2.24, 2.45) is 0 Å². The van der Waals surface area contributed by atoms with Crippen LogP contribution >= 0.6 is 11.3 Å². The van der Waals surface area contributed by atoms with Crippen molar-refractivity contribution in [1.82, 2.24) is 10.3 Å².